The first-order chi connectivity index (χ1) is 6.09. The normalized spacial score (nSPS) is 43.2. The summed E-state index contributed by atoms with van der Waals surface area (Å²) in [5.41, 5.74) is 0.461. The second-order valence-corrected chi connectivity index (χ2v) is 5.35. The highest BCUT2D eigenvalue weighted by molar-refractivity contribution is 4.97. The van der Waals surface area contributed by atoms with Crippen LogP contribution in [0.5, 0.6) is 0 Å². The summed E-state index contributed by atoms with van der Waals surface area (Å²) in [5.74, 6) is 0. The van der Waals surface area contributed by atoms with Crippen molar-refractivity contribution in [2.75, 3.05) is 0 Å². The maximum absolute atomic E-state index is 9.67. The predicted molar refractivity (Wildman–Crippen MR) is 53.6 cm³/mol. The van der Waals surface area contributed by atoms with E-state index in [4.69, 9.17) is 0 Å². The van der Waals surface area contributed by atoms with Crippen molar-refractivity contribution in [1.29, 1.82) is 0 Å². The molecule has 0 aromatic rings. The fourth-order valence-electron chi connectivity index (χ4n) is 2.57. The Morgan fingerprint density at radius 1 is 1.23 bits per heavy atom. The lowest BCUT2D eigenvalue weighted by Crippen LogP contribution is -2.55. The monoisotopic (exact) mass is 183 g/mol. The van der Waals surface area contributed by atoms with Crippen molar-refractivity contribution in [3.8, 4) is 0 Å². The van der Waals surface area contributed by atoms with Gasteiger partial charge < -0.3 is 10.4 Å². The van der Waals surface area contributed by atoms with Gasteiger partial charge in [0.1, 0.15) is 0 Å². The summed E-state index contributed by atoms with van der Waals surface area (Å²) in [6, 6.07) is 1.02. The highest BCUT2D eigenvalue weighted by Gasteiger charge is 2.40. The smallest absolute Gasteiger partial charge is 0.0693 e. The summed E-state index contributed by atoms with van der Waals surface area (Å²) in [6.45, 7) is 4.63. The fraction of sp³-hybridized carbons (Fsp3) is 1.00. The molecule has 2 aliphatic carbocycles. The van der Waals surface area contributed by atoms with Gasteiger partial charge in [0, 0.05) is 12.1 Å². The van der Waals surface area contributed by atoms with E-state index < -0.39 is 0 Å². The molecule has 2 aliphatic rings. The molecule has 2 saturated carbocycles. The molecule has 2 nitrogen and oxygen atoms in total. The van der Waals surface area contributed by atoms with Crippen LogP contribution in [-0.2, 0) is 0 Å². The summed E-state index contributed by atoms with van der Waals surface area (Å²) < 4.78 is 0. The van der Waals surface area contributed by atoms with E-state index >= 15 is 0 Å². The zero-order valence-electron chi connectivity index (χ0n) is 8.71. The van der Waals surface area contributed by atoms with Crippen LogP contribution < -0.4 is 5.32 Å². The molecule has 0 bridgehead atoms. The van der Waals surface area contributed by atoms with Crippen molar-refractivity contribution in [3.05, 3.63) is 0 Å². The molecule has 3 atom stereocenters. The second kappa shape index (κ2) is 3.25. The van der Waals surface area contributed by atoms with E-state index in [2.05, 4.69) is 19.2 Å². The Kier molecular flexibility index (Phi) is 2.37. The average Bonchev–Trinajstić information content (AvgIpc) is 2.45. The lowest BCUT2D eigenvalue weighted by Gasteiger charge is -2.46. The molecule has 0 aromatic carbocycles. The van der Waals surface area contributed by atoms with Crippen LogP contribution in [-0.4, -0.2) is 23.3 Å². The van der Waals surface area contributed by atoms with Crippen molar-refractivity contribution in [2.24, 2.45) is 5.41 Å². The van der Waals surface area contributed by atoms with E-state index in [0.717, 1.165) is 12.8 Å². The van der Waals surface area contributed by atoms with Gasteiger partial charge in [-0.3, -0.25) is 0 Å². The Bertz CT molecular complexity index is 191. The maximum Gasteiger partial charge on any atom is 0.0693 e. The van der Waals surface area contributed by atoms with Gasteiger partial charge in [0.2, 0.25) is 0 Å². The number of nitrogens with one attached hydrogen (secondary N) is 1. The standard InChI is InChI=1S/C11H21NO/c1-11(2)7-6-10(11)12-8-4-3-5-9(8)13/h8-10,12-13H,3-7H2,1-2H3/t8-,9-,10?/m1/s1. The highest BCUT2D eigenvalue weighted by atomic mass is 16.3. The van der Waals surface area contributed by atoms with Gasteiger partial charge in [0.05, 0.1) is 6.10 Å². The molecule has 0 amide bonds. The van der Waals surface area contributed by atoms with Crippen molar-refractivity contribution in [1.82, 2.24) is 5.32 Å². The van der Waals surface area contributed by atoms with Gasteiger partial charge in [-0.2, -0.15) is 0 Å². The summed E-state index contributed by atoms with van der Waals surface area (Å²) in [6.07, 6.45) is 5.87. The molecule has 0 heterocycles. The number of aliphatic hydroxyl groups is 1. The summed E-state index contributed by atoms with van der Waals surface area (Å²) in [5, 5.41) is 13.3. The first kappa shape index (κ1) is 9.47. The van der Waals surface area contributed by atoms with E-state index in [1.54, 1.807) is 0 Å². The largest absolute Gasteiger partial charge is 0.392 e. The minimum absolute atomic E-state index is 0.0867. The van der Waals surface area contributed by atoms with Crippen LogP contribution in [0.2, 0.25) is 0 Å². The van der Waals surface area contributed by atoms with Crippen molar-refractivity contribution < 1.29 is 5.11 Å². The minimum atomic E-state index is -0.0867. The van der Waals surface area contributed by atoms with E-state index in [0.29, 0.717) is 17.5 Å². The SMILES string of the molecule is CC1(C)CCC1N[C@@H]1CCC[C@H]1O. The molecule has 2 fully saturated rings. The molecule has 2 N–H and O–H groups in total. The third-order valence-electron chi connectivity index (χ3n) is 3.92. The fourth-order valence-corrected chi connectivity index (χ4v) is 2.57. The molecule has 76 valence electrons. The average molecular weight is 183 g/mol. The first-order valence-electron chi connectivity index (χ1n) is 5.54. The number of hydrogen-bond acceptors (Lipinski definition) is 2. The second-order valence-electron chi connectivity index (χ2n) is 5.35. The number of rotatable bonds is 2. The molecular weight excluding hydrogens is 162 g/mol. The van der Waals surface area contributed by atoms with Gasteiger partial charge in [0.15, 0.2) is 0 Å². The molecule has 0 aromatic heterocycles. The van der Waals surface area contributed by atoms with Crippen molar-refractivity contribution in [3.63, 3.8) is 0 Å². The van der Waals surface area contributed by atoms with Crippen LogP contribution in [0.4, 0.5) is 0 Å². The molecule has 2 rings (SSSR count). The first-order valence-corrected chi connectivity index (χ1v) is 5.54. The van der Waals surface area contributed by atoms with Gasteiger partial charge in [-0.05, 0) is 37.5 Å². The van der Waals surface area contributed by atoms with Gasteiger partial charge >= 0.3 is 0 Å². The van der Waals surface area contributed by atoms with Gasteiger partial charge in [-0.15, -0.1) is 0 Å². The molecule has 13 heavy (non-hydrogen) atoms. The predicted octanol–water partition coefficient (Wildman–Crippen LogP) is 1.68. The third kappa shape index (κ3) is 1.75. The Hall–Kier alpha value is -0.0800. The van der Waals surface area contributed by atoms with Crippen LogP contribution in [0.25, 0.3) is 0 Å². The molecule has 2 heteroatoms. The van der Waals surface area contributed by atoms with E-state index in [1.165, 1.54) is 19.3 Å². The Morgan fingerprint density at radius 3 is 2.38 bits per heavy atom. The van der Waals surface area contributed by atoms with Gasteiger partial charge in [-0.25, -0.2) is 0 Å². The van der Waals surface area contributed by atoms with Crippen molar-refractivity contribution in [2.45, 2.75) is 64.1 Å². The van der Waals surface area contributed by atoms with Crippen LogP contribution in [0, 0.1) is 5.41 Å². The lowest BCUT2D eigenvalue weighted by molar-refractivity contribution is 0.0683. The zero-order valence-corrected chi connectivity index (χ0v) is 8.71. The number of hydrogen-bond donors (Lipinski definition) is 2. The van der Waals surface area contributed by atoms with Crippen LogP contribution in [0.15, 0.2) is 0 Å². The third-order valence-corrected chi connectivity index (χ3v) is 3.92. The van der Waals surface area contributed by atoms with Gasteiger partial charge in [-0.1, -0.05) is 13.8 Å². The molecule has 0 saturated heterocycles. The van der Waals surface area contributed by atoms with E-state index in [9.17, 15) is 5.11 Å². The Balaban J connectivity index is 1.84. The zero-order chi connectivity index (χ0) is 9.47. The molecular formula is C11H21NO. The lowest BCUT2D eigenvalue weighted by atomic mass is 9.67. The van der Waals surface area contributed by atoms with Gasteiger partial charge in [0.25, 0.3) is 0 Å². The molecule has 0 aliphatic heterocycles. The Morgan fingerprint density at radius 2 is 2.00 bits per heavy atom. The van der Waals surface area contributed by atoms with Crippen LogP contribution in [0.3, 0.4) is 0 Å². The molecule has 0 radical (unpaired) electrons. The Labute approximate surface area is 80.7 Å². The minimum Gasteiger partial charge on any atom is -0.392 e. The maximum atomic E-state index is 9.67. The van der Waals surface area contributed by atoms with Crippen molar-refractivity contribution >= 4 is 0 Å². The van der Waals surface area contributed by atoms with E-state index in [-0.39, 0.29) is 6.10 Å². The summed E-state index contributed by atoms with van der Waals surface area (Å²) in [4.78, 5) is 0. The molecule has 1 unspecified atom stereocenters. The number of aliphatic hydroxyl groups excluding tert-OH is 1. The summed E-state index contributed by atoms with van der Waals surface area (Å²) in [7, 11) is 0. The molecule has 0 spiro atoms. The topological polar surface area (TPSA) is 32.3 Å². The quantitative estimate of drug-likeness (QED) is 0.682. The van der Waals surface area contributed by atoms with Crippen LogP contribution in [0.1, 0.15) is 46.0 Å². The van der Waals surface area contributed by atoms with Crippen LogP contribution >= 0.6 is 0 Å². The van der Waals surface area contributed by atoms with E-state index in [1.807, 2.05) is 0 Å². The summed E-state index contributed by atoms with van der Waals surface area (Å²) >= 11 is 0. The highest BCUT2D eigenvalue weighted by Crippen LogP contribution is 2.40.